The largest absolute Gasteiger partial charge is 0.480 e. The Bertz CT molecular complexity index is 508. The average Bonchev–Trinajstić information content (AvgIpc) is 2.53. The number of carbonyl (C=O) groups is 1. The van der Waals surface area contributed by atoms with Crippen LogP contribution in [0.25, 0.3) is 0 Å². The van der Waals surface area contributed by atoms with Gasteiger partial charge in [-0.1, -0.05) is 43.5 Å². The van der Waals surface area contributed by atoms with Gasteiger partial charge in [0.1, 0.15) is 6.04 Å². The van der Waals surface area contributed by atoms with Crippen molar-refractivity contribution in [2.75, 3.05) is 0 Å². The normalized spacial score (nSPS) is 25.3. The lowest BCUT2D eigenvalue weighted by atomic mass is 9.82. The fourth-order valence-electron chi connectivity index (χ4n) is 4.09. The van der Waals surface area contributed by atoms with Gasteiger partial charge in [0, 0.05) is 12.6 Å². The van der Waals surface area contributed by atoms with E-state index in [1.807, 2.05) is 6.07 Å². The van der Waals surface area contributed by atoms with Gasteiger partial charge in [0.2, 0.25) is 0 Å². The molecule has 1 N–H and O–H groups in total. The van der Waals surface area contributed by atoms with E-state index in [2.05, 4.69) is 30.0 Å². The summed E-state index contributed by atoms with van der Waals surface area (Å²) in [5.74, 6) is -0.0157. The summed E-state index contributed by atoms with van der Waals surface area (Å²) in [7, 11) is 0. The average molecular weight is 287 g/mol. The van der Waals surface area contributed by atoms with E-state index in [1.54, 1.807) is 0 Å². The predicted octanol–water partition coefficient (Wildman–Crippen LogP) is 3.47. The van der Waals surface area contributed by atoms with E-state index in [1.165, 1.54) is 43.2 Å². The molecule has 1 fully saturated rings. The first-order chi connectivity index (χ1) is 10.2. The molecule has 1 aromatic carbocycles. The lowest BCUT2D eigenvalue weighted by Crippen LogP contribution is -2.52. The topological polar surface area (TPSA) is 40.5 Å². The van der Waals surface area contributed by atoms with Crippen LogP contribution in [0.1, 0.15) is 50.2 Å². The molecule has 2 aliphatic rings. The van der Waals surface area contributed by atoms with Crippen LogP contribution < -0.4 is 0 Å². The summed E-state index contributed by atoms with van der Waals surface area (Å²) in [5.41, 5.74) is 2.51. The summed E-state index contributed by atoms with van der Waals surface area (Å²) in [5, 5.41) is 9.64. The number of fused-ring (bicyclic) bond motifs is 1. The molecule has 1 saturated carbocycles. The van der Waals surface area contributed by atoms with Crippen molar-refractivity contribution in [3.05, 3.63) is 35.4 Å². The van der Waals surface area contributed by atoms with E-state index in [9.17, 15) is 9.90 Å². The predicted molar refractivity (Wildman–Crippen MR) is 83.1 cm³/mol. The number of carboxylic acid groups (broad SMARTS) is 1. The second-order valence-electron chi connectivity index (χ2n) is 6.64. The molecule has 2 unspecified atom stereocenters. The van der Waals surface area contributed by atoms with Crippen LogP contribution in [0.4, 0.5) is 0 Å². The maximum absolute atomic E-state index is 11.7. The Morgan fingerprint density at radius 2 is 1.86 bits per heavy atom. The van der Waals surface area contributed by atoms with Gasteiger partial charge in [-0.15, -0.1) is 0 Å². The fourth-order valence-corrected chi connectivity index (χ4v) is 4.09. The minimum atomic E-state index is -0.674. The molecule has 3 nitrogen and oxygen atoms in total. The highest BCUT2D eigenvalue weighted by Gasteiger charge is 2.36. The van der Waals surface area contributed by atoms with Crippen LogP contribution in [0.2, 0.25) is 0 Å². The SMILES string of the molecule is CC(C1CCCCC1)N1Cc2ccccc2CC1C(=O)O. The molecule has 0 saturated heterocycles. The van der Waals surface area contributed by atoms with Crippen molar-refractivity contribution in [3.63, 3.8) is 0 Å². The first-order valence-corrected chi connectivity index (χ1v) is 8.22. The zero-order valence-corrected chi connectivity index (χ0v) is 12.8. The molecular formula is C18H25NO2. The minimum Gasteiger partial charge on any atom is -0.480 e. The summed E-state index contributed by atoms with van der Waals surface area (Å²) < 4.78 is 0. The van der Waals surface area contributed by atoms with E-state index in [0.29, 0.717) is 18.4 Å². The molecule has 2 atom stereocenters. The van der Waals surface area contributed by atoms with Crippen LogP contribution in [0.3, 0.4) is 0 Å². The van der Waals surface area contributed by atoms with Crippen molar-refractivity contribution in [1.29, 1.82) is 0 Å². The Balaban J connectivity index is 1.83. The van der Waals surface area contributed by atoms with Crippen molar-refractivity contribution in [2.45, 2.75) is 64.1 Å². The molecular weight excluding hydrogens is 262 g/mol. The number of benzene rings is 1. The molecule has 0 aromatic heterocycles. The van der Waals surface area contributed by atoms with Crippen molar-refractivity contribution in [1.82, 2.24) is 4.90 Å². The molecule has 114 valence electrons. The van der Waals surface area contributed by atoms with Gasteiger partial charge >= 0.3 is 5.97 Å². The third-order valence-electron chi connectivity index (χ3n) is 5.43. The maximum Gasteiger partial charge on any atom is 0.321 e. The summed E-state index contributed by atoms with van der Waals surface area (Å²) in [4.78, 5) is 14.0. The first-order valence-electron chi connectivity index (χ1n) is 8.22. The Labute approximate surface area is 127 Å². The number of aliphatic carboxylic acids is 1. The quantitative estimate of drug-likeness (QED) is 0.925. The van der Waals surface area contributed by atoms with Crippen LogP contribution in [0.15, 0.2) is 24.3 Å². The van der Waals surface area contributed by atoms with E-state index < -0.39 is 5.97 Å². The van der Waals surface area contributed by atoms with Gasteiger partial charge < -0.3 is 5.11 Å². The molecule has 1 heterocycles. The van der Waals surface area contributed by atoms with Crippen molar-refractivity contribution >= 4 is 5.97 Å². The molecule has 21 heavy (non-hydrogen) atoms. The number of nitrogens with zero attached hydrogens (tertiary/aromatic N) is 1. The van der Waals surface area contributed by atoms with Gasteiger partial charge in [-0.05, 0) is 43.2 Å². The lowest BCUT2D eigenvalue weighted by Gasteiger charge is -2.42. The van der Waals surface area contributed by atoms with Crippen LogP contribution in [-0.2, 0) is 17.8 Å². The van der Waals surface area contributed by atoms with Gasteiger partial charge in [-0.2, -0.15) is 0 Å². The fraction of sp³-hybridized carbons (Fsp3) is 0.611. The second-order valence-corrected chi connectivity index (χ2v) is 6.64. The van der Waals surface area contributed by atoms with E-state index in [4.69, 9.17) is 0 Å². The van der Waals surface area contributed by atoms with Crippen molar-refractivity contribution in [2.24, 2.45) is 5.92 Å². The molecule has 3 heteroatoms. The van der Waals surface area contributed by atoms with Crippen LogP contribution >= 0.6 is 0 Å². The molecule has 1 aliphatic heterocycles. The summed E-state index contributed by atoms with van der Waals surface area (Å²) in [6.45, 7) is 3.02. The third-order valence-corrected chi connectivity index (χ3v) is 5.43. The van der Waals surface area contributed by atoms with Gasteiger partial charge in [0.05, 0.1) is 0 Å². The van der Waals surface area contributed by atoms with Crippen molar-refractivity contribution in [3.8, 4) is 0 Å². The lowest BCUT2D eigenvalue weighted by molar-refractivity contribution is -0.145. The number of hydrogen-bond acceptors (Lipinski definition) is 2. The standard InChI is InChI=1S/C18H25NO2/c1-13(14-7-3-2-4-8-14)19-12-16-10-6-5-9-15(16)11-17(19)18(20)21/h5-6,9-10,13-14,17H,2-4,7-8,11-12H2,1H3,(H,20,21). The highest BCUT2D eigenvalue weighted by molar-refractivity contribution is 5.74. The highest BCUT2D eigenvalue weighted by atomic mass is 16.4. The third kappa shape index (κ3) is 2.98. The number of hydrogen-bond donors (Lipinski definition) is 1. The van der Waals surface area contributed by atoms with Crippen LogP contribution in [-0.4, -0.2) is 28.1 Å². The maximum atomic E-state index is 11.7. The van der Waals surface area contributed by atoms with E-state index in [-0.39, 0.29) is 6.04 Å². The molecule has 3 rings (SSSR count). The Morgan fingerprint density at radius 3 is 2.52 bits per heavy atom. The Kier molecular flexibility index (Phi) is 4.29. The van der Waals surface area contributed by atoms with Crippen molar-refractivity contribution < 1.29 is 9.90 Å². The van der Waals surface area contributed by atoms with Gasteiger partial charge in [0.15, 0.2) is 0 Å². The zero-order valence-electron chi connectivity index (χ0n) is 12.8. The minimum absolute atomic E-state index is 0.361. The summed E-state index contributed by atoms with van der Waals surface area (Å²) >= 11 is 0. The Morgan fingerprint density at radius 1 is 1.19 bits per heavy atom. The first kappa shape index (κ1) is 14.6. The molecule has 0 radical (unpaired) electrons. The molecule has 0 amide bonds. The number of carboxylic acids is 1. The van der Waals surface area contributed by atoms with E-state index in [0.717, 1.165) is 6.54 Å². The van der Waals surface area contributed by atoms with Gasteiger partial charge in [-0.3, -0.25) is 9.69 Å². The van der Waals surface area contributed by atoms with Gasteiger partial charge in [0.25, 0.3) is 0 Å². The molecule has 0 spiro atoms. The molecule has 1 aromatic rings. The molecule has 0 bridgehead atoms. The Hall–Kier alpha value is -1.35. The van der Waals surface area contributed by atoms with Crippen LogP contribution in [0.5, 0.6) is 0 Å². The van der Waals surface area contributed by atoms with Crippen LogP contribution in [0, 0.1) is 5.92 Å². The second kappa shape index (κ2) is 6.18. The van der Waals surface area contributed by atoms with Gasteiger partial charge in [-0.25, -0.2) is 0 Å². The highest BCUT2D eigenvalue weighted by Crippen LogP contribution is 2.33. The summed E-state index contributed by atoms with van der Waals surface area (Å²) in [6, 6.07) is 8.29. The van der Waals surface area contributed by atoms with E-state index >= 15 is 0 Å². The zero-order chi connectivity index (χ0) is 14.8. The number of rotatable bonds is 3. The monoisotopic (exact) mass is 287 g/mol. The summed E-state index contributed by atoms with van der Waals surface area (Å²) in [6.07, 6.45) is 7.10. The molecule has 1 aliphatic carbocycles. The smallest absolute Gasteiger partial charge is 0.321 e.